The number of hydrogen-bond acceptors (Lipinski definition) is 6. The molecule has 1 aromatic carbocycles. The summed E-state index contributed by atoms with van der Waals surface area (Å²) < 4.78 is 9.05. The molecule has 1 aromatic rings. The van der Waals surface area contributed by atoms with Crippen molar-refractivity contribution in [3.8, 4) is 0 Å². The third-order valence-electron chi connectivity index (χ3n) is 3.61. The van der Waals surface area contributed by atoms with Crippen LogP contribution in [-0.4, -0.2) is 23.9 Å². The van der Waals surface area contributed by atoms with Crippen LogP contribution < -0.4 is 0 Å². The van der Waals surface area contributed by atoms with Crippen LogP contribution in [0.1, 0.15) is 33.2 Å². The fourth-order valence-electron chi connectivity index (χ4n) is 2.33. The summed E-state index contributed by atoms with van der Waals surface area (Å²) in [4.78, 5) is 46.1. The minimum atomic E-state index is -0.734. The Morgan fingerprint density at radius 1 is 0.957 bits per heavy atom. The summed E-state index contributed by atoms with van der Waals surface area (Å²) in [6.45, 7) is 5.15. The van der Waals surface area contributed by atoms with Gasteiger partial charge in [-0.25, -0.2) is 19.2 Å². The van der Waals surface area contributed by atoms with Gasteiger partial charge >= 0.3 is 23.9 Å². The van der Waals surface area contributed by atoms with Crippen molar-refractivity contribution >= 4 is 29.5 Å². The van der Waals surface area contributed by atoms with Crippen LogP contribution in [0.3, 0.4) is 0 Å². The van der Waals surface area contributed by atoms with E-state index >= 15 is 0 Å². The number of benzene rings is 1. The Bertz CT molecular complexity index is 869. The van der Waals surface area contributed by atoms with Crippen LogP contribution in [0.2, 0.25) is 0 Å². The van der Waals surface area contributed by atoms with Gasteiger partial charge in [0.1, 0.15) is 0 Å². The fourth-order valence-corrected chi connectivity index (χ4v) is 2.33. The Hall–Kier alpha value is -3.28. The molecule has 0 fully saturated rings. The molecule has 0 radical (unpaired) electrons. The SMILES string of the molecule is C=C/C(=C\C1=C(C)C(=O)OC1=O)c1ccc2c(c1)C(=O)OC2=O. The number of fused-ring (bicyclic) bond motifs is 1. The summed E-state index contributed by atoms with van der Waals surface area (Å²) in [5.41, 5.74) is 1.72. The lowest BCUT2D eigenvalue weighted by molar-refractivity contribution is -0.150. The maximum absolute atomic E-state index is 11.7. The molecule has 2 heterocycles. The lowest BCUT2D eigenvalue weighted by Crippen LogP contribution is -2.01. The number of cyclic esters (lactones) is 4. The first-order valence-corrected chi connectivity index (χ1v) is 6.65. The molecule has 0 bridgehead atoms. The molecule has 0 atom stereocenters. The van der Waals surface area contributed by atoms with Crippen LogP contribution in [0, 0.1) is 0 Å². The van der Waals surface area contributed by atoms with E-state index in [4.69, 9.17) is 0 Å². The lowest BCUT2D eigenvalue weighted by Gasteiger charge is -2.04. The molecular formula is C17H10O6. The maximum atomic E-state index is 11.7. The minimum Gasteiger partial charge on any atom is -0.386 e. The largest absolute Gasteiger partial charge is 0.386 e. The summed E-state index contributed by atoms with van der Waals surface area (Å²) in [5, 5.41) is 0. The van der Waals surface area contributed by atoms with Gasteiger partial charge in [-0.1, -0.05) is 18.7 Å². The number of hydrogen-bond donors (Lipinski definition) is 0. The molecule has 2 aliphatic rings. The highest BCUT2D eigenvalue weighted by molar-refractivity contribution is 6.16. The average molecular weight is 310 g/mol. The van der Waals surface area contributed by atoms with Gasteiger partial charge in [-0.15, -0.1) is 0 Å². The lowest BCUT2D eigenvalue weighted by atomic mass is 9.97. The van der Waals surface area contributed by atoms with Gasteiger partial charge in [0.2, 0.25) is 0 Å². The highest BCUT2D eigenvalue weighted by Gasteiger charge is 2.31. The van der Waals surface area contributed by atoms with Gasteiger partial charge < -0.3 is 9.47 Å². The molecule has 0 saturated carbocycles. The van der Waals surface area contributed by atoms with Gasteiger partial charge in [-0.05, 0) is 36.3 Å². The zero-order chi connectivity index (χ0) is 16.7. The summed E-state index contributed by atoms with van der Waals surface area (Å²) in [5.74, 6) is -2.83. The summed E-state index contributed by atoms with van der Waals surface area (Å²) >= 11 is 0. The first-order valence-electron chi connectivity index (χ1n) is 6.65. The van der Waals surface area contributed by atoms with Crippen molar-refractivity contribution in [2.24, 2.45) is 0 Å². The third-order valence-corrected chi connectivity index (χ3v) is 3.61. The van der Waals surface area contributed by atoms with Crippen molar-refractivity contribution in [1.82, 2.24) is 0 Å². The average Bonchev–Trinajstić information content (AvgIpc) is 2.94. The Labute approximate surface area is 130 Å². The quantitative estimate of drug-likeness (QED) is 0.482. The maximum Gasteiger partial charge on any atom is 0.346 e. The summed E-state index contributed by atoms with van der Waals surface area (Å²) in [6, 6.07) is 4.55. The monoisotopic (exact) mass is 310 g/mol. The van der Waals surface area contributed by atoms with E-state index in [-0.39, 0.29) is 22.3 Å². The zero-order valence-electron chi connectivity index (χ0n) is 12.0. The van der Waals surface area contributed by atoms with Crippen LogP contribution in [0.15, 0.2) is 48.1 Å². The van der Waals surface area contributed by atoms with Crippen LogP contribution >= 0.6 is 0 Å². The van der Waals surface area contributed by atoms with Crippen molar-refractivity contribution in [1.29, 1.82) is 0 Å². The number of allylic oxidation sites excluding steroid dienone is 2. The molecule has 0 amide bonds. The van der Waals surface area contributed by atoms with Crippen molar-refractivity contribution in [3.63, 3.8) is 0 Å². The zero-order valence-corrected chi connectivity index (χ0v) is 12.0. The van der Waals surface area contributed by atoms with Gasteiger partial charge in [-0.3, -0.25) is 0 Å². The molecule has 0 saturated heterocycles. The van der Waals surface area contributed by atoms with Crippen molar-refractivity contribution < 1.29 is 28.7 Å². The van der Waals surface area contributed by atoms with Crippen molar-refractivity contribution in [3.05, 3.63) is 64.8 Å². The number of esters is 4. The standard InChI is InChI=1S/C17H10O6/c1-3-9(6-12-8(2)14(18)22-16(12)20)10-4-5-11-13(7-10)17(21)23-15(11)19/h3-7H,1H2,2H3/b9-6+. The topological polar surface area (TPSA) is 86.7 Å². The van der Waals surface area contributed by atoms with Crippen LogP contribution in [-0.2, 0) is 19.1 Å². The van der Waals surface area contributed by atoms with E-state index in [1.165, 1.54) is 31.2 Å². The molecular weight excluding hydrogens is 300 g/mol. The first kappa shape index (κ1) is 14.6. The van der Waals surface area contributed by atoms with E-state index in [1.807, 2.05) is 0 Å². The minimum absolute atomic E-state index is 0.129. The second kappa shape index (κ2) is 5.17. The number of rotatable bonds is 3. The molecule has 2 aliphatic heterocycles. The molecule has 0 aromatic heterocycles. The third kappa shape index (κ3) is 2.30. The van der Waals surface area contributed by atoms with Crippen LogP contribution in [0.4, 0.5) is 0 Å². The number of carbonyl (C=O) groups excluding carboxylic acids is 4. The molecule has 23 heavy (non-hydrogen) atoms. The highest BCUT2D eigenvalue weighted by atomic mass is 16.6. The van der Waals surface area contributed by atoms with Crippen molar-refractivity contribution in [2.75, 3.05) is 0 Å². The summed E-state index contributed by atoms with van der Waals surface area (Å²) in [6.07, 6.45) is 2.93. The first-order chi connectivity index (χ1) is 10.9. The second-order valence-electron chi connectivity index (χ2n) is 4.96. The summed E-state index contributed by atoms with van der Waals surface area (Å²) in [7, 11) is 0. The van der Waals surface area contributed by atoms with Crippen LogP contribution in [0.5, 0.6) is 0 Å². The molecule has 3 rings (SSSR count). The number of ether oxygens (including phenoxy) is 2. The molecule has 0 N–H and O–H groups in total. The predicted octanol–water partition coefficient (Wildman–Crippen LogP) is 1.97. The smallest absolute Gasteiger partial charge is 0.346 e. The molecule has 114 valence electrons. The Morgan fingerprint density at radius 2 is 1.61 bits per heavy atom. The Kier molecular flexibility index (Phi) is 3.29. The van der Waals surface area contributed by atoms with Gasteiger partial charge in [-0.2, -0.15) is 0 Å². The van der Waals surface area contributed by atoms with E-state index < -0.39 is 23.9 Å². The van der Waals surface area contributed by atoms with Crippen molar-refractivity contribution in [2.45, 2.75) is 6.92 Å². The number of carbonyl (C=O) groups is 4. The second-order valence-corrected chi connectivity index (χ2v) is 4.96. The van der Waals surface area contributed by atoms with E-state index in [1.54, 1.807) is 6.07 Å². The van der Waals surface area contributed by atoms with E-state index in [9.17, 15) is 19.2 Å². The predicted molar refractivity (Wildman–Crippen MR) is 78.2 cm³/mol. The Balaban J connectivity index is 2.08. The molecule has 0 aliphatic carbocycles. The van der Waals surface area contributed by atoms with E-state index in [2.05, 4.69) is 16.1 Å². The highest BCUT2D eigenvalue weighted by Crippen LogP contribution is 2.28. The normalized spacial score (nSPS) is 17.3. The van der Waals surface area contributed by atoms with E-state index in [0.717, 1.165) is 0 Å². The Morgan fingerprint density at radius 3 is 2.22 bits per heavy atom. The van der Waals surface area contributed by atoms with Crippen LogP contribution in [0.25, 0.3) is 5.57 Å². The molecule has 0 spiro atoms. The van der Waals surface area contributed by atoms with E-state index in [0.29, 0.717) is 11.1 Å². The fraction of sp³-hybridized carbons (Fsp3) is 0.0588. The van der Waals surface area contributed by atoms with Gasteiger partial charge in [0.05, 0.1) is 16.7 Å². The van der Waals surface area contributed by atoms with Gasteiger partial charge in [0.15, 0.2) is 0 Å². The van der Waals surface area contributed by atoms with Gasteiger partial charge in [0, 0.05) is 5.57 Å². The molecule has 6 nitrogen and oxygen atoms in total. The van der Waals surface area contributed by atoms with Gasteiger partial charge in [0.25, 0.3) is 0 Å². The molecule has 6 heteroatoms. The molecule has 0 unspecified atom stereocenters.